The standard InChI is InChI=1S/C29H30N6O2S/c1-19-17-22(20(2)35(19)21-9-8-14-30-18-21)28-27(24-11-6-7-15-31-24)33-29(38)34(28)16-13-26(36)32-23-10-4-5-12-25(23)37-3/h4-12,14-15,17-18,27-28H,13,16H2,1-3H3,(H,32,36)(H,33,38)/t27-,28-/m1/s1. The van der Waals surface area contributed by atoms with Gasteiger partial charge >= 0.3 is 0 Å². The van der Waals surface area contributed by atoms with Crippen molar-refractivity contribution in [3.05, 3.63) is 102 Å². The number of aryl methyl sites for hydroxylation is 1. The zero-order valence-electron chi connectivity index (χ0n) is 21.6. The van der Waals surface area contributed by atoms with Gasteiger partial charge in [0, 0.05) is 36.7 Å². The molecule has 0 aliphatic carbocycles. The van der Waals surface area contributed by atoms with Crippen molar-refractivity contribution in [2.45, 2.75) is 32.4 Å². The lowest BCUT2D eigenvalue weighted by Crippen LogP contribution is -2.33. The maximum Gasteiger partial charge on any atom is 0.226 e. The Labute approximate surface area is 227 Å². The molecule has 5 rings (SSSR count). The predicted octanol–water partition coefficient (Wildman–Crippen LogP) is 4.89. The first-order valence-corrected chi connectivity index (χ1v) is 12.9. The minimum atomic E-state index is -0.163. The average Bonchev–Trinajstić information content (AvgIpc) is 3.42. The van der Waals surface area contributed by atoms with Gasteiger partial charge in [0.15, 0.2) is 5.11 Å². The molecule has 38 heavy (non-hydrogen) atoms. The molecule has 2 atom stereocenters. The molecular weight excluding hydrogens is 496 g/mol. The molecule has 1 aromatic carbocycles. The fraction of sp³-hybridized carbons (Fsp3) is 0.241. The molecule has 0 bridgehead atoms. The Balaban J connectivity index is 1.45. The van der Waals surface area contributed by atoms with Crippen molar-refractivity contribution < 1.29 is 9.53 Å². The number of thiocarbonyl (C=S) groups is 1. The Morgan fingerprint density at radius 3 is 2.66 bits per heavy atom. The number of amides is 1. The third-order valence-electron chi connectivity index (χ3n) is 6.85. The van der Waals surface area contributed by atoms with Crippen LogP contribution in [0.1, 0.15) is 41.1 Å². The number of hydrogen-bond donors (Lipinski definition) is 2. The Bertz CT molecular complexity index is 1440. The molecule has 4 heterocycles. The molecule has 9 heteroatoms. The highest BCUT2D eigenvalue weighted by Crippen LogP contribution is 2.41. The molecule has 1 aliphatic heterocycles. The van der Waals surface area contributed by atoms with Crippen LogP contribution in [0.5, 0.6) is 5.75 Å². The van der Waals surface area contributed by atoms with Gasteiger partial charge in [0.25, 0.3) is 0 Å². The van der Waals surface area contributed by atoms with E-state index in [2.05, 4.69) is 50.0 Å². The van der Waals surface area contributed by atoms with Gasteiger partial charge in [-0.25, -0.2) is 0 Å². The highest BCUT2D eigenvalue weighted by Gasteiger charge is 2.41. The van der Waals surface area contributed by atoms with Crippen molar-refractivity contribution in [1.29, 1.82) is 0 Å². The molecule has 0 radical (unpaired) electrons. The zero-order valence-corrected chi connectivity index (χ0v) is 22.4. The smallest absolute Gasteiger partial charge is 0.226 e. The lowest BCUT2D eigenvalue weighted by atomic mass is 9.96. The number of benzene rings is 1. The minimum absolute atomic E-state index is 0.113. The molecule has 1 amide bonds. The predicted molar refractivity (Wildman–Crippen MR) is 151 cm³/mol. The van der Waals surface area contributed by atoms with Crippen molar-refractivity contribution in [2.24, 2.45) is 0 Å². The first-order chi connectivity index (χ1) is 18.5. The Hall–Kier alpha value is -4.24. The fourth-order valence-electron chi connectivity index (χ4n) is 5.14. The van der Waals surface area contributed by atoms with Crippen LogP contribution in [0.25, 0.3) is 5.69 Å². The number of carbonyl (C=O) groups is 1. The van der Waals surface area contributed by atoms with E-state index < -0.39 is 0 Å². The minimum Gasteiger partial charge on any atom is -0.495 e. The quantitative estimate of drug-likeness (QED) is 0.316. The van der Waals surface area contributed by atoms with E-state index in [-0.39, 0.29) is 24.4 Å². The lowest BCUT2D eigenvalue weighted by molar-refractivity contribution is -0.116. The molecule has 1 saturated heterocycles. The summed E-state index contributed by atoms with van der Waals surface area (Å²) >= 11 is 5.81. The molecule has 3 aromatic heterocycles. The molecule has 2 N–H and O–H groups in total. The van der Waals surface area contributed by atoms with Gasteiger partial charge in [-0.15, -0.1) is 0 Å². The number of anilines is 1. The van der Waals surface area contributed by atoms with Crippen LogP contribution in [0.3, 0.4) is 0 Å². The second-order valence-electron chi connectivity index (χ2n) is 9.19. The van der Waals surface area contributed by atoms with Crippen LogP contribution < -0.4 is 15.4 Å². The summed E-state index contributed by atoms with van der Waals surface area (Å²) in [4.78, 5) is 24.0. The van der Waals surface area contributed by atoms with Crippen LogP contribution in [0.2, 0.25) is 0 Å². The first kappa shape index (κ1) is 25.4. The number of methoxy groups -OCH3 is 1. The van der Waals surface area contributed by atoms with Gasteiger partial charge in [-0.05, 0) is 74.1 Å². The molecule has 0 saturated carbocycles. The van der Waals surface area contributed by atoms with Crippen LogP contribution >= 0.6 is 12.2 Å². The van der Waals surface area contributed by atoms with E-state index in [1.54, 1.807) is 19.5 Å². The number of nitrogens with zero attached hydrogens (tertiary/aromatic N) is 4. The zero-order chi connectivity index (χ0) is 26.6. The van der Waals surface area contributed by atoms with E-state index in [1.165, 1.54) is 0 Å². The number of hydrogen-bond acceptors (Lipinski definition) is 5. The van der Waals surface area contributed by atoms with Gasteiger partial charge in [0.2, 0.25) is 5.91 Å². The lowest BCUT2D eigenvalue weighted by Gasteiger charge is -2.28. The molecule has 1 aliphatic rings. The number of nitrogens with one attached hydrogen (secondary N) is 2. The summed E-state index contributed by atoms with van der Waals surface area (Å²) in [7, 11) is 1.59. The second-order valence-corrected chi connectivity index (χ2v) is 9.58. The van der Waals surface area contributed by atoms with Crippen molar-refractivity contribution in [1.82, 2.24) is 24.8 Å². The maximum absolute atomic E-state index is 13.0. The van der Waals surface area contributed by atoms with Gasteiger partial charge in [-0.2, -0.15) is 0 Å². The highest BCUT2D eigenvalue weighted by molar-refractivity contribution is 7.80. The second kappa shape index (κ2) is 11.0. The number of ether oxygens (including phenoxy) is 1. The number of para-hydroxylation sites is 2. The SMILES string of the molecule is COc1ccccc1NC(=O)CCN1C(=S)N[C@H](c2ccccn2)[C@H]1c1cc(C)n(-c2cccnc2)c1C. The topological polar surface area (TPSA) is 84.3 Å². The molecule has 0 spiro atoms. The van der Waals surface area contributed by atoms with E-state index in [1.807, 2.05) is 60.8 Å². The number of carbonyl (C=O) groups excluding carboxylic acids is 1. The van der Waals surface area contributed by atoms with Crippen molar-refractivity contribution in [2.75, 3.05) is 19.0 Å². The van der Waals surface area contributed by atoms with E-state index >= 15 is 0 Å². The molecule has 194 valence electrons. The van der Waals surface area contributed by atoms with Crippen molar-refractivity contribution in [3.8, 4) is 11.4 Å². The van der Waals surface area contributed by atoms with Gasteiger partial charge < -0.3 is 24.8 Å². The number of pyridine rings is 2. The molecule has 4 aromatic rings. The first-order valence-electron chi connectivity index (χ1n) is 12.5. The molecular formula is C29H30N6O2S. The van der Waals surface area contributed by atoms with Crippen LogP contribution in [0.15, 0.2) is 79.3 Å². The Morgan fingerprint density at radius 2 is 1.92 bits per heavy atom. The van der Waals surface area contributed by atoms with Crippen LogP contribution in [0.4, 0.5) is 5.69 Å². The van der Waals surface area contributed by atoms with E-state index in [9.17, 15) is 4.79 Å². The van der Waals surface area contributed by atoms with Gasteiger partial charge in [-0.1, -0.05) is 18.2 Å². The van der Waals surface area contributed by atoms with E-state index in [4.69, 9.17) is 17.0 Å². The molecule has 8 nitrogen and oxygen atoms in total. The van der Waals surface area contributed by atoms with Crippen LogP contribution in [-0.2, 0) is 4.79 Å². The molecule has 1 fully saturated rings. The Kier molecular flexibility index (Phi) is 7.37. The Morgan fingerprint density at radius 1 is 1.11 bits per heavy atom. The van der Waals surface area contributed by atoms with Crippen LogP contribution in [0, 0.1) is 13.8 Å². The van der Waals surface area contributed by atoms with Crippen molar-refractivity contribution >= 4 is 28.9 Å². The fourth-order valence-corrected chi connectivity index (χ4v) is 5.47. The highest BCUT2D eigenvalue weighted by atomic mass is 32.1. The third kappa shape index (κ3) is 4.97. The van der Waals surface area contributed by atoms with E-state index in [0.717, 1.165) is 28.3 Å². The summed E-state index contributed by atoms with van der Waals surface area (Å²) in [5, 5.41) is 7.04. The summed E-state index contributed by atoms with van der Waals surface area (Å²) in [6.45, 7) is 4.64. The van der Waals surface area contributed by atoms with Gasteiger partial charge in [0.1, 0.15) is 5.75 Å². The summed E-state index contributed by atoms with van der Waals surface area (Å²) in [6.07, 6.45) is 5.68. The van der Waals surface area contributed by atoms with Crippen LogP contribution in [-0.4, -0.2) is 44.1 Å². The summed E-state index contributed by atoms with van der Waals surface area (Å²) in [5.74, 6) is 0.508. The van der Waals surface area contributed by atoms with Gasteiger partial charge in [-0.3, -0.25) is 14.8 Å². The largest absolute Gasteiger partial charge is 0.495 e. The van der Waals surface area contributed by atoms with Crippen molar-refractivity contribution in [3.63, 3.8) is 0 Å². The summed E-state index contributed by atoms with van der Waals surface area (Å²) < 4.78 is 7.57. The normalized spacial score (nSPS) is 16.8. The molecule has 0 unspecified atom stereocenters. The summed E-state index contributed by atoms with van der Waals surface area (Å²) in [6, 6.07) is 19.1. The number of aromatic nitrogens is 3. The van der Waals surface area contributed by atoms with Gasteiger partial charge in [0.05, 0.1) is 42.5 Å². The summed E-state index contributed by atoms with van der Waals surface area (Å²) in [5.41, 5.74) is 5.85. The maximum atomic E-state index is 13.0. The monoisotopic (exact) mass is 526 g/mol. The third-order valence-corrected chi connectivity index (χ3v) is 7.20. The average molecular weight is 527 g/mol. The van der Waals surface area contributed by atoms with E-state index in [0.29, 0.717) is 23.1 Å². The number of rotatable bonds is 8.